The molecule has 0 N–H and O–H groups in total. The summed E-state index contributed by atoms with van der Waals surface area (Å²) in [4.78, 5) is 9.57. The fourth-order valence-electron chi connectivity index (χ4n) is 5.00. The third-order valence-corrected chi connectivity index (χ3v) is 6.44. The van der Waals surface area contributed by atoms with Crippen molar-refractivity contribution < 1.29 is 8.91 Å². The van der Waals surface area contributed by atoms with E-state index >= 15 is 0 Å². The first-order valence-corrected chi connectivity index (χ1v) is 10.7. The molecule has 0 bridgehead atoms. The van der Waals surface area contributed by atoms with Gasteiger partial charge in [-0.25, -0.2) is 4.39 Å². The maximum Gasteiger partial charge on any atom is 0.241 e. The van der Waals surface area contributed by atoms with Crippen molar-refractivity contribution in [3.05, 3.63) is 71.9 Å². The Kier molecular flexibility index (Phi) is 5.35. The monoisotopic (exact) mass is 406 g/mol. The van der Waals surface area contributed by atoms with Crippen LogP contribution in [0, 0.1) is 11.2 Å². The summed E-state index contributed by atoms with van der Waals surface area (Å²) in [5.74, 6) is 1.17. The van der Waals surface area contributed by atoms with Crippen LogP contribution < -0.4 is 0 Å². The molecule has 1 aromatic heterocycles. The zero-order valence-electron chi connectivity index (χ0n) is 17.1. The average molecular weight is 407 g/mol. The van der Waals surface area contributed by atoms with E-state index in [0.29, 0.717) is 23.7 Å². The molecule has 2 aromatic carbocycles. The molecule has 1 atom stereocenters. The van der Waals surface area contributed by atoms with Gasteiger partial charge in [0, 0.05) is 25.2 Å². The Bertz CT molecular complexity index is 974. The Hall–Kier alpha value is -2.57. The van der Waals surface area contributed by atoms with Gasteiger partial charge in [0.1, 0.15) is 5.82 Å². The van der Waals surface area contributed by atoms with Crippen LogP contribution in [0.1, 0.15) is 30.7 Å². The Morgan fingerprint density at radius 1 is 0.900 bits per heavy atom. The molecule has 3 heterocycles. The molecule has 30 heavy (non-hydrogen) atoms. The minimum atomic E-state index is -0.170. The van der Waals surface area contributed by atoms with Crippen LogP contribution in [0.4, 0.5) is 4.39 Å². The standard InChI is InChI=1S/C24H27FN4O/c25-21-9-7-19(8-10-21)15-28-13-4-11-24(17-28)12-14-29(18-24)16-22-26-23(27-30-22)20-5-2-1-3-6-20/h1-3,5-10H,4,11-18H2. The van der Waals surface area contributed by atoms with Gasteiger partial charge in [-0.15, -0.1) is 0 Å². The van der Waals surface area contributed by atoms with E-state index in [9.17, 15) is 4.39 Å². The highest BCUT2D eigenvalue weighted by Crippen LogP contribution is 2.39. The van der Waals surface area contributed by atoms with Crippen molar-refractivity contribution in [3.63, 3.8) is 0 Å². The average Bonchev–Trinajstić information content (AvgIpc) is 3.38. The first-order valence-electron chi connectivity index (χ1n) is 10.7. The molecule has 5 rings (SSSR count). The molecule has 2 saturated heterocycles. The summed E-state index contributed by atoms with van der Waals surface area (Å²) in [5, 5.41) is 4.15. The molecule has 2 aliphatic rings. The van der Waals surface area contributed by atoms with Crippen LogP contribution in [0.2, 0.25) is 0 Å². The summed E-state index contributed by atoms with van der Waals surface area (Å²) in [6.07, 6.45) is 3.68. The first kappa shape index (κ1) is 19.4. The second-order valence-corrected chi connectivity index (χ2v) is 8.78. The zero-order valence-corrected chi connectivity index (χ0v) is 17.1. The van der Waals surface area contributed by atoms with Gasteiger partial charge < -0.3 is 4.52 Å². The lowest BCUT2D eigenvalue weighted by molar-refractivity contribution is 0.0852. The third kappa shape index (κ3) is 4.30. The van der Waals surface area contributed by atoms with E-state index in [1.54, 1.807) is 12.1 Å². The summed E-state index contributed by atoms with van der Waals surface area (Å²) in [7, 11) is 0. The largest absolute Gasteiger partial charge is 0.338 e. The van der Waals surface area contributed by atoms with Crippen molar-refractivity contribution in [2.24, 2.45) is 5.41 Å². The van der Waals surface area contributed by atoms with Gasteiger partial charge in [-0.05, 0) is 55.5 Å². The minimum Gasteiger partial charge on any atom is -0.338 e. The highest BCUT2D eigenvalue weighted by atomic mass is 19.1. The summed E-state index contributed by atoms with van der Waals surface area (Å²) >= 11 is 0. The second kappa shape index (κ2) is 8.28. The summed E-state index contributed by atoms with van der Waals surface area (Å²) in [6, 6.07) is 16.9. The predicted molar refractivity (Wildman–Crippen MR) is 113 cm³/mol. The molecule has 0 amide bonds. The number of nitrogens with zero attached hydrogens (tertiary/aromatic N) is 4. The van der Waals surface area contributed by atoms with Crippen molar-refractivity contribution >= 4 is 0 Å². The van der Waals surface area contributed by atoms with Crippen LogP contribution in [0.3, 0.4) is 0 Å². The molecule has 0 saturated carbocycles. The van der Waals surface area contributed by atoms with Crippen molar-refractivity contribution in [2.75, 3.05) is 26.2 Å². The van der Waals surface area contributed by atoms with Gasteiger partial charge in [-0.3, -0.25) is 9.80 Å². The van der Waals surface area contributed by atoms with E-state index in [2.05, 4.69) is 19.9 Å². The number of hydrogen-bond acceptors (Lipinski definition) is 5. The highest BCUT2D eigenvalue weighted by molar-refractivity contribution is 5.53. The molecule has 5 nitrogen and oxygen atoms in total. The van der Waals surface area contributed by atoms with Crippen LogP contribution in [0.15, 0.2) is 59.1 Å². The van der Waals surface area contributed by atoms with Gasteiger partial charge in [0.15, 0.2) is 0 Å². The molecule has 1 spiro atoms. The van der Waals surface area contributed by atoms with Crippen LogP contribution >= 0.6 is 0 Å². The normalized spacial score (nSPS) is 22.7. The number of rotatable bonds is 5. The smallest absolute Gasteiger partial charge is 0.241 e. The second-order valence-electron chi connectivity index (χ2n) is 8.78. The summed E-state index contributed by atoms with van der Waals surface area (Å²) < 4.78 is 18.7. The van der Waals surface area contributed by atoms with Gasteiger partial charge in [-0.2, -0.15) is 4.98 Å². The number of benzene rings is 2. The Morgan fingerprint density at radius 2 is 1.67 bits per heavy atom. The number of aromatic nitrogens is 2. The van der Waals surface area contributed by atoms with E-state index in [1.807, 2.05) is 42.5 Å². The summed E-state index contributed by atoms with van der Waals surface area (Å²) in [6.45, 7) is 5.94. The van der Waals surface area contributed by atoms with E-state index in [4.69, 9.17) is 4.52 Å². The van der Waals surface area contributed by atoms with Crippen LogP contribution in [0.5, 0.6) is 0 Å². The number of piperidine rings is 1. The van der Waals surface area contributed by atoms with Gasteiger partial charge in [0.2, 0.25) is 11.7 Å². The van der Waals surface area contributed by atoms with Crippen LogP contribution in [0.25, 0.3) is 11.4 Å². The maximum atomic E-state index is 13.2. The lowest BCUT2D eigenvalue weighted by Crippen LogP contribution is -2.44. The molecule has 6 heteroatoms. The Balaban J connectivity index is 1.20. The quantitative estimate of drug-likeness (QED) is 0.630. The molecule has 2 aliphatic heterocycles. The van der Waals surface area contributed by atoms with Crippen molar-refractivity contribution in [1.82, 2.24) is 19.9 Å². The third-order valence-electron chi connectivity index (χ3n) is 6.44. The molecule has 0 aliphatic carbocycles. The van der Waals surface area contributed by atoms with Crippen molar-refractivity contribution in [2.45, 2.75) is 32.4 Å². The van der Waals surface area contributed by atoms with Crippen LogP contribution in [-0.2, 0) is 13.1 Å². The van der Waals surface area contributed by atoms with Gasteiger partial charge >= 0.3 is 0 Å². The Labute approximate surface area is 176 Å². The SMILES string of the molecule is Fc1ccc(CN2CCCC3(CCN(Cc4nc(-c5ccccc5)no4)C3)C2)cc1. The van der Waals surface area contributed by atoms with Crippen molar-refractivity contribution in [3.8, 4) is 11.4 Å². The lowest BCUT2D eigenvalue weighted by Gasteiger charge is -2.40. The molecular formula is C24H27FN4O. The minimum absolute atomic E-state index is 0.170. The molecular weight excluding hydrogens is 379 g/mol. The fourth-order valence-corrected chi connectivity index (χ4v) is 5.00. The molecule has 1 unspecified atom stereocenters. The zero-order chi connectivity index (χ0) is 20.4. The maximum absolute atomic E-state index is 13.2. The van der Waals surface area contributed by atoms with Crippen molar-refractivity contribution in [1.29, 1.82) is 0 Å². The molecule has 3 aromatic rings. The number of likely N-dealkylation sites (tertiary alicyclic amines) is 2. The summed E-state index contributed by atoms with van der Waals surface area (Å²) in [5.41, 5.74) is 2.50. The molecule has 2 fully saturated rings. The molecule has 0 radical (unpaired) electrons. The Morgan fingerprint density at radius 3 is 2.47 bits per heavy atom. The predicted octanol–water partition coefficient (Wildman–Crippen LogP) is 4.36. The van der Waals surface area contributed by atoms with Gasteiger partial charge in [0.05, 0.1) is 6.54 Å². The fraction of sp³-hybridized carbons (Fsp3) is 0.417. The first-order chi connectivity index (χ1) is 14.7. The van der Waals surface area contributed by atoms with E-state index in [1.165, 1.54) is 24.8 Å². The van der Waals surface area contributed by atoms with E-state index < -0.39 is 0 Å². The molecule has 156 valence electrons. The number of hydrogen-bond donors (Lipinski definition) is 0. The van der Waals surface area contributed by atoms with Gasteiger partial charge in [-0.1, -0.05) is 47.6 Å². The van der Waals surface area contributed by atoms with E-state index in [-0.39, 0.29) is 5.82 Å². The number of halogens is 1. The lowest BCUT2D eigenvalue weighted by atomic mass is 9.79. The highest BCUT2D eigenvalue weighted by Gasteiger charge is 2.41. The topological polar surface area (TPSA) is 45.4 Å². The van der Waals surface area contributed by atoms with E-state index in [0.717, 1.165) is 38.3 Å². The van der Waals surface area contributed by atoms with Crippen LogP contribution in [-0.4, -0.2) is 46.1 Å². The van der Waals surface area contributed by atoms with Gasteiger partial charge in [0.25, 0.3) is 0 Å².